The number of imidazole rings is 1. The molecular formula is C31H27F3N4O. The fourth-order valence-corrected chi connectivity index (χ4v) is 5.77. The predicted octanol–water partition coefficient (Wildman–Crippen LogP) is 7.13. The van der Waals surface area contributed by atoms with Crippen LogP contribution in [0.15, 0.2) is 72.9 Å². The molecule has 5 aromatic rings. The molecule has 1 saturated heterocycles. The average molecular weight is 529 g/mol. The maximum atomic E-state index is 13.6. The van der Waals surface area contributed by atoms with Crippen LogP contribution in [-0.4, -0.2) is 38.4 Å². The number of alkyl halides is 3. The predicted molar refractivity (Wildman–Crippen MR) is 145 cm³/mol. The van der Waals surface area contributed by atoms with E-state index in [2.05, 4.69) is 23.2 Å². The zero-order valence-corrected chi connectivity index (χ0v) is 21.2. The Morgan fingerprint density at radius 1 is 0.923 bits per heavy atom. The van der Waals surface area contributed by atoms with Crippen molar-refractivity contribution in [3.63, 3.8) is 0 Å². The van der Waals surface area contributed by atoms with Crippen LogP contribution in [0.3, 0.4) is 0 Å². The molecule has 7 rings (SSSR count). The average Bonchev–Trinajstić information content (AvgIpc) is 3.33. The molecule has 1 atom stereocenters. The summed E-state index contributed by atoms with van der Waals surface area (Å²) in [6.07, 6.45) is 0.233. The lowest BCUT2D eigenvalue weighted by Gasteiger charge is -2.18. The summed E-state index contributed by atoms with van der Waals surface area (Å²) in [6.45, 7) is 1.84. The third kappa shape index (κ3) is 4.47. The zero-order chi connectivity index (χ0) is 26.7. The van der Waals surface area contributed by atoms with Crippen molar-refractivity contribution in [3.05, 3.63) is 78.5 Å². The third-order valence-electron chi connectivity index (χ3n) is 8.07. The number of fused-ring (bicyclic) bond motifs is 2. The van der Waals surface area contributed by atoms with Crippen molar-refractivity contribution in [2.24, 2.45) is 11.8 Å². The first kappa shape index (κ1) is 24.0. The molecule has 1 N–H and O–H groups in total. The van der Waals surface area contributed by atoms with Gasteiger partial charge in [0.05, 0.1) is 16.6 Å². The molecular weight excluding hydrogens is 501 g/mol. The van der Waals surface area contributed by atoms with Crippen LogP contribution in [0, 0.1) is 11.8 Å². The Balaban J connectivity index is 1.24. The van der Waals surface area contributed by atoms with Gasteiger partial charge < -0.3 is 14.5 Å². The Bertz CT molecular complexity index is 1690. The van der Waals surface area contributed by atoms with Gasteiger partial charge in [-0.05, 0) is 72.0 Å². The van der Waals surface area contributed by atoms with Gasteiger partial charge in [-0.2, -0.15) is 13.2 Å². The fraction of sp³-hybridized carbons (Fsp3) is 0.290. The molecule has 0 spiro atoms. The van der Waals surface area contributed by atoms with Crippen molar-refractivity contribution in [2.45, 2.75) is 32.0 Å². The molecule has 0 radical (unpaired) electrons. The number of carbonyl (C=O) groups excluding carboxylic acids is 1. The second kappa shape index (κ2) is 9.00. The number of halogens is 3. The number of amides is 1. The molecule has 1 unspecified atom stereocenters. The highest BCUT2D eigenvalue weighted by Gasteiger charge is 2.37. The van der Waals surface area contributed by atoms with Gasteiger partial charge in [-0.3, -0.25) is 4.79 Å². The largest absolute Gasteiger partial charge is 0.416 e. The summed E-state index contributed by atoms with van der Waals surface area (Å²) >= 11 is 0. The van der Waals surface area contributed by atoms with Crippen molar-refractivity contribution in [1.29, 1.82) is 0 Å². The van der Waals surface area contributed by atoms with Gasteiger partial charge in [0, 0.05) is 42.8 Å². The van der Waals surface area contributed by atoms with Crippen LogP contribution >= 0.6 is 0 Å². The lowest BCUT2D eigenvalue weighted by atomic mass is 10.0. The van der Waals surface area contributed by atoms with E-state index in [1.807, 2.05) is 46.0 Å². The Morgan fingerprint density at radius 2 is 1.69 bits per heavy atom. The summed E-state index contributed by atoms with van der Waals surface area (Å²) < 4.78 is 42.7. The number of rotatable bonds is 5. The van der Waals surface area contributed by atoms with Crippen LogP contribution < -0.4 is 0 Å². The van der Waals surface area contributed by atoms with Gasteiger partial charge in [0.1, 0.15) is 5.82 Å². The number of carbonyl (C=O) groups is 1. The van der Waals surface area contributed by atoms with Gasteiger partial charge in [-0.1, -0.05) is 36.4 Å². The molecule has 1 amide bonds. The first-order valence-electron chi connectivity index (χ1n) is 13.4. The van der Waals surface area contributed by atoms with E-state index in [1.54, 1.807) is 0 Å². The van der Waals surface area contributed by atoms with E-state index in [0.717, 1.165) is 52.9 Å². The molecule has 39 heavy (non-hydrogen) atoms. The minimum atomic E-state index is -4.44. The summed E-state index contributed by atoms with van der Waals surface area (Å²) in [5.74, 6) is 1.19. The number of benzene rings is 3. The number of aromatic nitrogens is 3. The maximum absolute atomic E-state index is 13.6. The summed E-state index contributed by atoms with van der Waals surface area (Å²) in [4.78, 5) is 22.6. The Morgan fingerprint density at radius 3 is 2.46 bits per heavy atom. The van der Waals surface area contributed by atoms with Gasteiger partial charge in [-0.25, -0.2) is 4.98 Å². The van der Waals surface area contributed by atoms with Crippen molar-refractivity contribution in [2.75, 3.05) is 13.1 Å². The van der Waals surface area contributed by atoms with Crippen LogP contribution in [0.5, 0.6) is 0 Å². The normalized spacial score (nSPS) is 17.9. The quantitative estimate of drug-likeness (QED) is 0.264. The molecule has 8 heteroatoms. The molecule has 0 bridgehead atoms. The second-order valence-electron chi connectivity index (χ2n) is 10.8. The van der Waals surface area contributed by atoms with Crippen LogP contribution in [0.25, 0.3) is 44.5 Å². The smallest absolute Gasteiger partial charge is 0.361 e. The van der Waals surface area contributed by atoms with Gasteiger partial charge in [0.2, 0.25) is 5.91 Å². The van der Waals surface area contributed by atoms with Gasteiger partial charge in [-0.15, -0.1) is 0 Å². The molecule has 1 aliphatic heterocycles. The monoisotopic (exact) mass is 528 g/mol. The summed E-state index contributed by atoms with van der Waals surface area (Å²) in [5, 5.41) is 1.15. The van der Waals surface area contributed by atoms with Crippen molar-refractivity contribution in [1.82, 2.24) is 19.4 Å². The van der Waals surface area contributed by atoms with E-state index in [0.29, 0.717) is 36.5 Å². The Hall–Kier alpha value is -4.07. The minimum Gasteiger partial charge on any atom is -0.361 e. The number of nitrogens with one attached hydrogen (secondary N) is 1. The first-order valence-corrected chi connectivity index (χ1v) is 13.4. The van der Waals surface area contributed by atoms with Crippen molar-refractivity contribution >= 4 is 27.8 Å². The molecule has 2 aliphatic rings. The highest BCUT2D eigenvalue weighted by molar-refractivity contribution is 5.86. The minimum absolute atomic E-state index is 0.158. The number of nitrogens with zero attached hydrogens (tertiary/aromatic N) is 3. The van der Waals surface area contributed by atoms with Crippen molar-refractivity contribution in [3.8, 4) is 22.5 Å². The molecule has 1 saturated carbocycles. The van der Waals surface area contributed by atoms with Gasteiger partial charge in [0.25, 0.3) is 0 Å². The number of likely N-dealkylation sites (tertiary alicyclic amines) is 1. The van der Waals surface area contributed by atoms with E-state index in [4.69, 9.17) is 4.98 Å². The Labute approximate surface area is 223 Å². The summed E-state index contributed by atoms with van der Waals surface area (Å²) in [7, 11) is 0. The van der Waals surface area contributed by atoms with Crippen LogP contribution in [-0.2, 0) is 17.5 Å². The Kier molecular flexibility index (Phi) is 5.54. The SMILES string of the molecule is O=C(C1CC1)N1CCC(Cn2c(-c3ccc(-c4ccc5cc[nH]c5c4)cc3)nc3ccc(C(F)(F)F)cc32)C1. The standard InChI is InChI=1S/C31H27F3N4O/c32-31(33,34)25-9-10-26-28(16-25)38(18-19-12-14-37(17-19)30(39)23-6-7-23)29(36-26)22-4-1-20(2-5-22)24-8-3-21-11-13-35-27(21)15-24/h1-5,8-11,13,15-16,19,23,35H,6-7,12,14,17-18H2. The highest BCUT2D eigenvalue weighted by Crippen LogP contribution is 2.36. The molecule has 3 heterocycles. The summed E-state index contributed by atoms with van der Waals surface area (Å²) in [6, 6.07) is 20.0. The molecule has 1 aliphatic carbocycles. The fourth-order valence-electron chi connectivity index (χ4n) is 5.77. The molecule has 2 fully saturated rings. The van der Waals surface area contributed by atoms with E-state index >= 15 is 0 Å². The lowest BCUT2D eigenvalue weighted by Crippen LogP contribution is -2.30. The van der Waals surface area contributed by atoms with E-state index in [-0.39, 0.29) is 17.7 Å². The zero-order valence-electron chi connectivity index (χ0n) is 21.2. The number of H-pyrrole nitrogens is 1. The van der Waals surface area contributed by atoms with E-state index in [9.17, 15) is 18.0 Å². The van der Waals surface area contributed by atoms with Gasteiger partial charge in [0.15, 0.2) is 0 Å². The topological polar surface area (TPSA) is 53.9 Å². The molecule has 2 aromatic heterocycles. The van der Waals surface area contributed by atoms with Gasteiger partial charge >= 0.3 is 6.18 Å². The molecule has 3 aromatic carbocycles. The second-order valence-corrected chi connectivity index (χ2v) is 10.8. The molecule has 5 nitrogen and oxygen atoms in total. The van der Waals surface area contributed by atoms with E-state index < -0.39 is 11.7 Å². The number of hydrogen-bond donors (Lipinski definition) is 1. The van der Waals surface area contributed by atoms with E-state index in [1.165, 1.54) is 12.1 Å². The van der Waals surface area contributed by atoms with Crippen LogP contribution in [0.1, 0.15) is 24.8 Å². The maximum Gasteiger partial charge on any atom is 0.416 e. The summed E-state index contributed by atoms with van der Waals surface area (Å²) in [5.41, 5.74) is 4.33. The van der Waals surface area contributed by atoms with Crippen molar-refractivity contribution < 1.29 is 18.0 Å². The number of hydrogen-bond acceptors (Lipinski definition) is 2. The highest BCUT2D eigenvalue weighted by atomic mass is 19.4. The molecule has 198 valence electrons. The first-order chi connectivity index (χ1) is 18.8. The van der Waals surface area contributed by atoms with Crippen LogP contribution in [0.4, 0.5) is 13.2 Å². The van der Waals surface area contributed by atoms with Crippen LogP contribution in [0.2, 0.25) is 0 Å². The third-order valence-corrected chi connectivity index (χ3v) is 8.07. The number of aromatic amines is 1. The lowest BCUT2D eigenvalue weighted by molar-refractivity contribution is -0.137.